The van der Waals surface area contributed by atoms with Crippen LogP contribution in [-0.2, 0) is 0 Å². The van der Waals surface area contributed by atoms with Gasteiger partial charge in [0.25, 0.3) is 5.91 Å². The molecule has 0 fully saturated rings. The highest BCUT2D eigenvalue weighted by Crippen LogP contribution is 2.04. The molecule has 5 nitrogen and oxygen atoms in total. The van der Waals surface area contributed by atoms with Gasteiger partial charge in [-0.05, 0) is 24.4 Å². The predicted octanol–water partition coefficient (Wildman–Crippen LogP) is 0.474. The number of hydrogen-bond acceptors (Lipinski definition) is 3. The van der Waals surface area contributed by atoms with Crippen LogP contribution in [0.5, 0.6) is 0 Å². The van der Waals surface area contributed by atoms with Gasteiger partial charge in [-0.15, -0.1) is 0 Å². The molecule has 80 valence electrons. The molecule has 1 amide bonds. The maximum absolute atomic E-state index is 11.4. The number of pyridine rings is 1. The molecule has 0 aliphatic carbocycles. The second-order valence-corrected chi connectivity index (χ2v) is 3.32. The first-order valence-electron chi connectivity index (χ1n) is 4.03. The number of carbonyl (C=O) groups excluding carboxylic acids is 1. The van der Waals surface area contributed by atoms with Crippen molar-refractivity contribution in [3.8, 4) is 0 Å². The van der Waals surface area contributed by atoms with Gasteiger partial charge in [0.1, 0.15) is 5.15 Å². The van der Waals surface area contributed by atoms with E-state index >= 15 is 0 Å². The molecule has 0 aliphatic rings. The SMILES string of the molecule is CNC(=S)NNC(=O)c1ccc(Cl)nc1. The minimum Gasteiger partial charge on any atom is -0.364 e. The van der Waals surface area contributed by atoms with E-state index in [2.05, 4.69) is 21.2 Å². The van der Waals surface area contributed by atoms with Crippen LogP contribution >= 0.6 is 23.8 Å². The summed E-state index contributed by atoms with van der Waals surface area (Å²) in [6.45, 7) is 0. The molecular formula is C8H9ClN4OS. The van der Waals surface area contributed by atoms with Crippen molar-refractivity contribution in [2.75, 3.05) is 7.05 Å². The lowest BCUT2D eigenvalue weighted by Gasteiger charge is -2.08. The molecule has 1 rings (SSSR count). The first kappa shape index (κ1) is 11.7. The lowest BCUT2D eigenvalue weighted by molar-refractivity contribution is 0.0943. The Kier molecular flexibility index (Phi) is 4.26. The maximum Gasteiger partial charge on any atom is 0.271 e. The van der Waals surface area contributed by atoms with Gasteiger partial charge >= 0.3 is 0 Å². The quantitative estimate of drug-likeness (QED) is 0.381. The summed E-state index contributed by atoms with van der Waals surface area (Å²) in [5, 5.41) is 3.31. The van der Waals surface area contributed by atoms with Gasteiger partial charge in [-0.2, -0.15) is 0 Å². The second-order valence-electron chi connectivity index (χ2n) is 2.53. The van der Waals surface area contributed by atoms with Crippen LogP contribution in [-0.4, -0.2) is 23.1 Å². The van der Waals surface area contributed by atoms with Gasteiger partial charge in [-0.1, -0.05) is 11.6 Å². The third-order valence-corrected chi connectivity index (χ3v) is 2.04. The number of hydrazine groups is 1. The summed E-state index contributed by atoms with van der Waals surface area (Å²) in [7, 11) is 1.64. The largest absolute Gasteiger partial charge is 0.364 e. The van der Waals surface area contributed by atoms with E-state index in [4.69, 9.17) is 23.8 Å². The summed E-state index contributed by atoms with van der Waals surface area (Å²) in [6, 6.07) is 3.10. The summed E-state index contributed by atoms with van der Waals surface area (Å²) in [5.74, 6) is -0.336. The van der Waals surface area contributed by atoms with Crippen LogP contribution in [0, 0.1) is 0 Å². The van der Waals surface area contributed by atoms with Crippen LogP contribution < -0.4 is 16.2 Å². The number of hydrogen-bond donors (Lipinski definition) is 3. The third-order valence-electron chi connectivity index (χ3n) is 1.51. The zero-order valence-corrected chi connectivity index (χ0v) is 9.45. The Morgan fingerprint density at radius 1 is 1.47 bits per heavy atom. The molecule has 3 N–H and O–H groups in total. The van der Waals surface area contributed by atoms with Crippen LogP contribution in [0.25, 0.3) is 0 Å². The van der Waals surface area contributed by atoms with Crippen molar-refractivity contribution in [1.29, 1.82) is 0 Å². The average molecular weight is 245 g/mol. The number of carbonyl (C=O) groups is 1. The fourth-order valence-electron chi connectivity index (χ4n) is 0.758. The van der Waals surface area contributed by atoms with E-state index in [-0.39, 0.29) is 5.91 Å². The van der Waals surface area contributed by atoms with Gasteiger partial charge < -0.3 is 5.32 Å². The number of aromatic nitrogens is 1. The second kappa shape index (κ2) is 5.47. The zero-order valence-electron chi connectivity index (χ0n) is 7.87. The number of halogens is 1. The first-order chi connectivity index (χ1) is 7.13. The number of nitrogens with one attached hydrogen (secondary N) is 3. The maximum atomic E-state index is 11.4. The third kappa shape index (κ3) is 3.69. The summed E-state index contributed by atoms with van der Waals surface area (Å²) >= 11 is 10.3. The molecule has 0 saturated heterocycles. The van der Waals surface area contributed by atoms with Crippen LogP contribution in [0.2, 0.25) is 5.15 Å². The van der Waals surface area contributed by atoms with Crippen LogP contribution in [0.15, 0.2) is 18.3 Å². The molecule has 0 unspecified atom stereocenters. The molecule has 0 saturated carbocycles. The Balaban J connectivity index is 2.54. The molecule has 15 heavy (non-hydrogen) atoms. The first-order valence-corrected chi connectivity index (χ1v) is 4.81. The summed E-state index contributed by atoms with van der Waals surface area (Å²) in [6.07, 6.45) is 1.38. The normalized spacial score (nSPS) is 9.20. The number of rotatable bonds is 1. The molecule has 0 radical (unpaired) electrons. The zero-order chi connectivity index (χ0) is 11.3. The van der Waals surface area contributed by atoms with Gasteiger partial charge in [-0.25, -0.2) is 4.98 Å². The fraction of sp³-hybridized carbons (Fsp3) is 0.125. The number of thiocarbonyl (C=S) groups is 1. The smallest absolute Gasteiger partial charge is 0.271 e. The number of nitrogens with zero attached hydrogens (tertiary/aromatic N) is 1. The lowest BCUT2D eigenvalue weighted by Crippen LogP contribution is -2.45. The molecule has 1 aromatic heterocycles. The van der Waals surface area contributed by atoms with Gasteiger partial charge in [0.2, 0.25) is 0 Å². The monoisotopic (exact) mass is 244 g/mol. The highest BCUT2D eigenvalue weighted by Gasteiger charge is 2.05. The van der Waals surface area contributed by atoms with E-state index in [1.165, 1.54) is 12.3 Å². The van der Waals surface area contributed by atoms with E-state index in [9.17, 15) is 4.79 Å². The van der Waals surface area contributed by atoms with Crippen LogP contribution in [0.3, 0.4) is 0 Å². The summed E-state index contributed by atoms with van der Waals surface area (Å²) < 4.78 is 0. The standard InChI is InChI=1S/C8H9ClN4OS/c1-10-8(15)13-12-7(14)5-2-3-6(9)11-4-5/h2-4H,1H3,(H,12,14)(H2,10,13,15). The van der Waals surface area contributed by atoms with Crippen LogP contribution in [0.1, 0.15) is 10.4 Å². The van der Waals surface area contributed by atoms with Crippen molar-refractivity contribution in [1.82, 2.24) is 21.2 Å². The Bertz CT molecular complexity index is 367. The topological polar surface area (TPSA) is 66.0 Å². The Labute approximate surface area is 97.2 Å². The van der Waals surface area contributed by atoms with E-state index in [1.54, 1.807) is 13.1 Å². The fourth-order valence-corrected chi connectivity index (χ4v) is 0.921. The Hall–Kier alpha value is -1.40. The molecule has 7 heteroatoms. The van der Waals surface area contributed by atoms with Gasteiger partial charge in [0, 0.05) is 13.2 Å². The Morgan fingerprint density at radius 2 is 2.20 bits per heavy atom. The molecule has 1 heterocycles. The Morgan fingerprint density at radius 3 is 2.73 bits per heavy atom. The van der Waals surface area contributed by atoms with Crippen molar-refractivity contribution in [3.05, 3.63) is 29.0 Å². The minimum absolute atomic E-state index is 0.324. The van der Waals surface area contributed by atoms with Crippen molar-refractivity contribution in [3.63, 3.8) is 0 Å². The van der Waals surface area contributed by atoms with E-state index < -0.39 is 0 Å². The highest BCUT2D eigenvalue weighted by molar-refractivity contribution is 7.80. The molecule has 0 bridgehead atoms. The molecule has 0 aromatic carbocycles. The van der Waals surface area contributed by atoms with Gasteiger partial charge in [0.15, 0.2) is 5.11 Å². The van der Waals surface area contributed by atoms with Crippen molar-refractivity contribution in [2.45, 2.75) is 0 Å². The average Bonchev–Trinajstić information content (AvgIpc) is 2.26. The summed E-state index contributed by atoms with van der Waals surface area (Å²) in [4.78, 5) is 15.2. The minimum atomic E-state index is -0.336. The van der Waals surface area contributed by atoms with Gasteiger partial charge in [0.05, 0.1) is 5.56 Å². The molecule has 1 aromatic rings. The molecular weight excluding hydrogens is 236 g/mol. The lowest BCUT2D eigenvalue weighted by atomic mass is 10.3. The van der Waals surface area contributed by atoms with Crippen molar-refractivity contribution < 1.29 is 4.79 Å². The van der Waals surface area contributed by atoms with Crippen LogP contribution in [0.4, 0.5) is 0 Å². The summed E-state index contributed by atoms with van der Waals surface area (Å²) in [5.41, 5.74) is 5.29. The molecule has 0 aliphatic heterocycles. The van der Waals surface area contributed by atoms with E-state index in [0.717, 1.165) is 0 Å². The molecule has 0 atom stereocenters. The number of amides is 1. The molecule has 0 spiro atoms. The van der Waals surface area contributed by atoms with E-state index in [0.29, 0.717) is 15.8 Å². The highest BCUT2D eigenvalue weighted by atomic mass is 35.5. The van der Waals surface area contributed by atoms with Crippen molar-refractivity contribution >= 4 is 34.8 Å². The van der Waals surface area contributed by atoms with E-state index in [1.807, 2.05) is 0 Å². The van der Waals surface area contributed by atoms with Crippen molar-refractivity contribution in [2.24, 2.45) is 0 Å². The predicted molar refractivity (Wildman–Crippen MR) is 61.5 cm³/mol. The van der Waals surface area contributed by atoms with Gasteiger partial charge in [-0.3, -0.25) is 15.6 Å².